The fourth-order valence-corrected chi connectivity index (χ4v) is 1.78. The van der Waals surface area contributed by atoms with Crippen LogP contribution in [-0.2, 0) is 4.79 Å². The molecule has 2 nitrogen and oxygen atoms in total. The summed E-state index contributed by atoms with van der Waals surface area (Å²) in [6.07, 6.45) is 0.927. The average molecular weight is 213 g/mol. The molecular weight excluding hydrogens is 200 g/mol. The summed E-state index contributed by atoms with van der Waals surface area (Å²) in [6.45, 7) is 1.97. The molecule has 1 aromatic carbocycles. The standard InChI is InChI=1S/C11H13ClO2/c1-2-8(7-11(13)14)9-5-3-4-6-10(9)12/h3-6,8H,2,7H2,1H3,(H,13,14). The maximum absolute atomic E-state index is 10.6. The molecule has 0 radical (unpaired) electrons. The molecule has 0 saturated heterocycles. The van der Waals surface area contributed by atoms with Gasteiger partial charge >= 0.3 is 5.97 Å². The third-order valence-electron chi connectivity index (χ3n) is 2.26. The summed E-state index contributed by atoms with van der Waals surface area (Å²) < 4.78 is 0. The van der Waals surface area contributed by atoms with E-state index in [2.05, 4.69) is 0 Å². The zero-order chi connectivity index (χ0) is 10.6. The first-order valence-electron chi connectivity index (χ1n) is 4.61. The Hall–Kier alpha value is -1.02. The number of hydrogen-bond acceptors (Lipinski definition) is 1. The van der Waals surface area contributed by atoms with Crippen molar-refractivity contribution in [3.8, 4) is 0 Å². The molecule has 0 heterocycles. The van der Waals surface area contributed by atoms with Crippen molar-refractivity contribution < 1.29 is 9.90 Å². The monoisotopic (exact) mass is 212 g/mol. The lowest BCUT2D eigenvalue weighted by Gasteiger charge is -2.13. The van der Waals surface area contributed by atoms with Crippen LogP contribution in [0.3, 0.4) is 0 Å². The van der Waals surface area contributed by atoms with Gasteiger partial charge in [0.15, 0.2) is 0 Å². The zero-order valence-electron chi connectivity index (χ0n) is 8.03. The molecule has 0 saturated carbocycles. The quantitative estimate of drug-likeness (QED) is 0.832. The largest absolute Gasteiger partial charge is 0.481 e. The van der Waals surface area contributed by atoms with Gasteiger partial charge in [0, 0.05) is 5.02 Å². The molecular formula is C11H13ClO2. The highest BCUT2D eigenvalue weighted by Gasteiger charge is 2.15. The highest BCUT2D eigenvalue weighted by molar-refractivity contribution is 6.31. The lowest BCUT2D eigenvalue weighted by atomic mass is 9.93. The molecule has 76 valence electrons. The van der Waals surface area contributed by atoms with Crippen LogP contribution < -0.4 is 0 Å². The van der Waals surface area contributed by atoms with Gasteiger partial charge in [-0.25, -0.2) is 0 Å². The van der Waals surface area contributed by atoms with Crippen LogP contribution in [0.5, 0.6) is 0 Å². The first-order valence-corrected chi connectivity index (χ1v) is 4.99. The Morgan fingerprint density at radius 1 is 1.50 bits per heavy atom. The van der Waals surface area contributed by atoms with Crippen molar-refractivity contribution in [2.45, 2.75) is 25.7 Å². The van der Waals surface area contributed by atoms with Gasteiger partial charge in [0.05, 0.1) is 6.42 Å². The summed E-state index contributed by atoms with van der Waals surface area (Å²) in [7, 11) is 0. The maximum atomic E-state index is 10.6. The minimum Gasteiger partial charge on any atom is -0.481 e. The first-order chi connectivity index (χ1) is 6.65. The molecule has 3 heteroatoms. The molecule has 0 bridgehead atoms. The molecule has 1 unspecified atom stereocenters. The smallest absolute Gasteiger partial charge is 0.303 e. The highest BCUT2D eigenvalue weighted by Crippen LogP contribution is 2.29. The minimum atomic E-state index is -0.781. The Morgan fingerprint density at radius 3 is 2.64 bits per heavy atom. The highest BCUT2D eigenvalue weighted by atomic mass is 35.5. The Labute approximate surface area is 88.5 Å². The zero-order valence-corrected chi connectivity index (χ0v) is 8.79. The summed E-state index contributed by atoms with van der Waals surface area (Å²) in [5, 5.41) is 9.38. The van der Waals surface area contributed by atoms with E-state index in [0.717, 1.165) is 12.0 Å². The predicted molar refractivity (Wildman–Crippen MR) is 56.7 cm³/mol. The van der Waals surface area contributed by atoms with Gasteiger partial charge in [-0.05, 0) is 24.0 Å². The van der Waals surface area contributed by atoms with Crippen molar-refractivity contribution in [1.82, 2.24) is 0 Å². The number of halogens is 1. The van der Waals surface area contributed by atoms with E-state index in [1.807, 2.05) is 25.1 Å². The van der Waals surface area contributed by atoms with Gasteiger partial charge in [0.2, 0.25) is 0 Å². The van der Waals surface area contributed by atoms with Gasteiger partial charge in [-0.15, -0.1) is 0 Å². The summed E-state index contributed by atoms with van der Waals surface area (Å²) in [4.78, 5) is 10.6. The first kappa shape index (κ1) is 11.1. The van der Waals surface area contributed by atoms with E-state index >= 15 is 0 Å². The topological polar surface area (TPSA) is 37.3 Å². The van der Waals surface area contributed by atoms with Crippen LogP contribution >= 0.6 is 11.6 Å². The second kappa shape index (κ2) is 5.01. The number of carboxylic acid groups (broad SMARTS) is 1. The third kappa shape index (κ3) is 2.74. The summed E-state index contributed by atoms with van der Waals surface area (Å²) in [6, 6.07) is 7.41. The molecule has 0 aliphatic rings. The van der Waals surface area contributed by atoms with Crippen LogP contribution in [-0.4, -0.2) is 11.1 Å². The molecule has 1 atom stereocenters. The van der Waals surface area contributed by atoms with Crippen molar-refractivity contribution in [3.63, 3.8) is 0 Å². The second-order valence-corrected chi connectivity index (χ2v) is 3.63. The van der Waals surface area contributed by atoms with Gasteiger partial charge in [0.25, 0.3) is 0 Å². The van der Waals surface area contributed by atoms with Crippen molar-refractivity contribution in [2.24, 2.45) is 0 Å². The molecule has 14 heavy (non-hydrogen) atoms. The van der Waals surface area contributed by atoms with Crippen molar-refractivity contribution in [3.05, 3.63) is 34.9 Å². The Kier molecular flexibility index (Phi) is 3.96. The normalized spacial score (nSPS) is 12.4. The predicted octanol–water partition coefficient (Wildman–Crippen LogP) is 3.31. The Morgan fingerprint density at radius 2 is 2.14 bits per heavy atom. The van der Waals surface area contributed by atoms with Crippen molar-refractivity contribution in [2.75, 3.05) is 0 Å². The van der Waals surface area contributed by atoms with Crippen molar-refractivity contribution in [1.29, 1.82) is 0 Å². The third-order valence-corrected chi connectivity index (χ3v) is 2.60. The van der Waals surface area contributed by atoms with E-state index in [9.17, 15) is 4.79 Å². The molecule has 0 fully saturated rings. The van der Waals surface area contributed by atoms with Gasteiger partial charge < -0.3 is 5.11 Å². The van der Waals surface area contributed by atoms with Gasteiger partial charge in [-0.1, -0.05) is 36.7 Å². The molecule has 0 amide bonds. The molecule has 1 N–H and O–H groups in total. The molecule has 0 aromatic heterocycles. The molecule has 0 spiro atoms. The lowest BCUT2D eigenvalue weighted by Crippen LogP contribution is -2.05. The molecule has 0 aliphatic heterocycles. The number of aliphatic carboxylic acids is 1. The number of benzene rings is 1. The van der Waals surface area contributed by atoms with Crippen LogP contribution in [0.1, 0.15) is 31.2 Å². The fraction of sp³-hybridized carbons (Fsp3) is 0.364. The van der Waals surface area contributed by atoms with Crippen LogP contribution in [0, 0.1) is 0 Å². The van der Waals surface area contributed by atoms with E-state index in [1.54, 1.807) is 6.07 Å². The average Bonchev–Trinajstić information content (AvgIpc) is 2.15. The minimum absolute atomic E-state index is 0.0150. The maximum Gasteiger partial charge on any atom is 0.303 e. The SMILES string of the molecule is CCC(CC(=O)O)c1ccccc1Cl. The number of carbonyl (C=O) groups is 1. The second-order valence-electron chi connectivity index (χ2n) is 3.22. The fourth-order valence-electron chi connectivity index (χ4n) is 1.49. The summed E-state index contributed by atoms with van der Waals surface area (Å²) in [5.74, 6) is -0.766. The van der Waals surface area contributed by atoms with E-state index in [-0.39, 0.29) is 12.3 Å². The molecule has 1 rings (SSSR count). The van der Waals surface area contributed by atoms with E-state index in [4.69, 9.17) is 16.7 Å². The van der Waals surface area contributed by atoms with Gasteiger partial charge in [0.1, 0.15) is 0 Å². The van der Waals surface area contributed by atoms with E-state index in [1.165, 1.54) is 0 Å². The van der Waals surface area contributed by atoms with Crippen LogP contribution in [0.2, 0.25) is 5.02 Å². The number of carboxylic acids is 1. The van der Waals surface area contributed by atoms with E-state index in [0.29, 0.717) is 5.02 Å². The van der Waals surface area contributed by atoms with E-state index < -0.39 is 5.97 Å². The molecule has 1 aromatic rings. The summed E-state index contributed by atoms with van der Waals surface area (Å²) >= 11 is 5.99. The number of rotatable bonds is 4. The van der Waals surface area contributed by atoms with Gasteiger partial charge in [-0.2, -0.15) is 0 Å². The van der Waals surface area contributed by atoms with Crippen LogP contribution in [0.25, 0.3) is 0 Å². The Bertz CT molecular complexity index is 323. The summed E-state index contributed by atoms with van der Waals surface area (Å²) in [5.41, 5.74) is 0.930. The lowest BCUT2D eigenvalue weighted by molar-refractivity contribution is -0.137. The van der Waals surface area contributed by atoms with Crippen LogP contribution in [0.4, 0.5) is 0 Å². The van der Waals surface area contributed by atoms with Crippen molar-refractivity contribution >= 4 is 17.6 Å². The Balaban J connectivity index is 2.89. The molecule has 0 aliphatic carbocycles. The number of hydrogen-bond donors (Lipinski definition) is 1. The van der Waals surface area contributed by atoms with Gasteiger partial charge in [-0.3, -0.25) is 4.79 Å². The van der Waals surface area contributed by atoms with Crippen LogP contribution in [0.15, 0.2) is 24.3 Å².